The van der Waals surface area contributed by atoms with Crippen LogP contribution in [0.3, 0.4) is 0 Å². The minimum atomic E-state index is -0.103. The molecule has 1 amide bonds. The third-order valence-electron chi connectivity index (χ3n) is 4.11. The normalized spacial score (nSPS) is 11.1. The molecule has 0 aliphatic rings. The molecule has 142 valence electrons. The summed E-state index contributed by atoms with van der Waals surface area (Å²) in [6, 6.07) is 13.4. The Morgan fingerprint density at radius 1 is 1.25 bits per heavy atom. The number of benzene rings is 1. The molecule has 0 bridgehead atoms. The van der Waals surface area contributed by atoms with Crippen LogP contribution in [0.4, 0.5) is 5.13 Å². The molecule has 0 atom stereocenters. The zero-order valence-corrected chi connectivity index (χ0v) is 17.1. The van der Waals surface area contributed by atoms with Gasteiger partial charge in [0.25, 0.3) is 5.91 Å². The molecule has 0 saturated carbocycles. The summed E-state index contributed by atoms with van der Waals surface area (Å²) >= 11 is 2.99. The van der Waals surface area contributed by atoms with Crippen LogP contribution in [0.25, 0.3) is 10.2 Å². The first-order valence-electron chi connectivity index (χ1n) is 8.83. The van der Waals surface area contributed by atoms with E-state index in [9.17, 15) is 4.79 Å². The van der Waals surface area contributed by atoms with E-state index in [1.807, 2.05) is 50.2 Å². The number of carbonyl (C=O) groups excluding carboxylic acids is 1. The van der Waals surface area contributed by atoms with E-state index in [0.29, 0.717) is 28.0 Å². The van der Waals surface area contributed by atoms with Crippen molar-refractivity contribution in [1.82, 2.24) is 15.1 Å². The summed E-state index contributed by atoms with van der Waals surface area (Å²) in [5, 5.41) is 5.37. The molecule has 4 rings (SSSR count). The zero-order valence-electron chi connectivity index (χ0n) is 15.5. The average Bonchev–Trinajstić information content (AvgIpc) is 3.33. The van der Waals surface area contributed by atoms with E-state index >= 15 is 0 Å². The monoisotopic (exact) mass is 410 g/mol. The highest BCUT2D eigenvalue weighted by Gasteiger charge is 2.23. The van der Waals surface area contributed by atoms with Gasteiger partial charge in [-0.3, -0.25) is 9.69 Å². The van der Waals surface area contributed by atoms with Gasteiger partial charge in [0.05, 0.1) is 21.5 Å². The minimum Gasteiger partial charge on any atom is -0.361 e. The molecule has 28 heavy (non-hydrogen) atoms. The molecule has 8 heteroatoms. The lowest BCUT2D eigenvalue weighted by Gasteiger charge is -2.18. The van der Waals surface area contributed by atoms with Crippen molar-refractivity contribution < 1.29 is 9.32 Å². The highest BCUT2D eigenvalue weighted by molar-refractivity contribution is 7.98. The number of aromatic nitrogens is 3. The van der Waals surface area contributed by atoms with Gasteiger partial charge in [0, 0.05) is 24.6 Å². The summed E-state index contributed by atoms with van der Waals surface area (Å²) in [5.74, 6) is 1.25. The second-order valence-electron chi connectivity index (χ2n) is 6.09. The van der Waals surface area contributed by atoms with E-state index in [1.165, 1.54) is 23.1 Å². The third kappa shape index (κ3) is 3.79. The van der Waals surface area contributed by atoms with Gasteiger partial charge in [-0.05, 0) is 38.1 Å². The average molecular weight is 411 g/mol. The minimum absolute atomic E-state index is 0.103. The molecule has 0 N–H and O–H groups in total. The largest absolute Gasteiger partial charge is 0.361 e. The number of aryl methyl sites for hydroxylation is 1. The number of rotatable bonds is 6. The Hall–Kier alpha value is -2.71. The Morgan fingerprint density at radius 3 is 2.86 bits per heavy atom. The first-order valence-corrected chi connectivity index (χ1v) is 10.6. The van der Waals surface area contributed by atoms with Crippen LogP contribution >= 0.6 is 23.1 Å². The molecule has 3 aromatic heterocycles. The number of amides is 1. The highest BCUT2D eigenvalue weighted by atomic mass is 32.2. The van der Waals surface area contributed by atoms with Gasteiger partial charge in [0.15, 0.2) is 5.13 Å². The SMILES string of the molecule is CCN(C(=O)c1cccnc1SCc1cc(C)on1)c1nc2ccccc2s1. The fourth-order valence-corrected chi connectivity index (χ4v) is 4.68. The second kappa shape index (κ2) is 8.12. The van der Waals surface area contributed by atoms with Crippen molar-refractivity contribution in [3.8, 4) is 0 Å². The van der Waals surface area contributed by atoms with Crippen molar-refractivity contribution >= 4 is 44.4 Å². The van der Waals surface area contributed by atoms with E-state index in [0.717, 1.165) is 21.7 Å². The first kappa shape index (κ1) is 18.6. The van der Waals surface area contributed by atoms with Crippen LogP contribution < -0.4 is 4.90 Å². The van der Waals surface area contributed by atoms with Gasteiger partial charge in [-0.1, -0.05) is 40.4 Å². The molecule has 3 heterocycles. The molecule has 0 aliphatic heterocycles. The molecule has 0 spiro atoms. The maximum Gasteiger partial charge on any atom is 0.262 e. The molecule has 4 aromatic rings. The number of anilines is 1. The predicted molar refractivity (Wildman–Crippen MR) is 112 cm³/mol. The topological polar surface area (TPSA) is 72.1 Å². The number of fused-ring (bicyclic) bond motifs is 1. The lowest BCUT2D eigenvalue weighted by molar-refractivity contribution is 0.0985. The number of carbonyl (C=O) groups is 1. The first-order chi connectivity index (χ1) is 13.7. The van der Waals surface area contributed by atoms with E-state index in [1.54, 1.807) is 17.2 Å². The fourth-order valence-electron chi connectivity index (χ4n) is 2.78. The Morgan fingerprint density at radius 2 is 2.11 bits per heavy atom. The molecule has 6 nitrogen and oxygen atoms in total. The maximum absolute atomic E-state index is 13.3. The van der Waals surface area contributed by atoms with Gasteiger partial charge < -0.3 is 4.52 Å². The quantitative estimate of drug-likeness (QED) is 0.419. The lowest BCUT2D eigenvalue weighted by atomic mass is 10.2. The van der Waals surface area contributed by atoms with Crippen molar-refractivity contribution in [1.29, 1.82) is 0 Å². The lowest BCUT2D eigenvalue weighted by Crippen LogP contribution is -2.31. The Bertz CT molecular complexity index is 1090. The Balaban J connectivity index is 1.60. The van der Waals surface area contributed by atoms with E-state index in [2.05, 4.69) is 15.1 Å². The molecule has 0 saturated heterocycles. The van der Waals surface area contributed by atoms with Crippen molar-refractivity contribution in [2.24, 2.45) is 0 Å². The summed E-state index contributed by atoms with van der Waals surface area (Å²) in [5.41, 5.74) is 2.29. The third-order valence-corrected chi connectivity index (χ3v) is 6.21. The summed E-state index contributed by atoms with van der Waals surface area (Å²) in [7, 11) is 0. The summed E-state index contributed by atoms with van der Waals surface area (Å²) in [6.45, 7) is 4.33. The van der Waals surface area contributed by atoms with E-state index in [-0.39, 0.29) is 5.91 Å². The van der Waals surface area contributed by atoms with Crippen LogP contribution in [-0.2, 0) is 5.75 Å². The molecule has 0 radical (unpaired) electrons. The van der Waals surface area contributed by atoms with Gasteiger partial charge in [-0.15, -0.1) is 0 Å². The van der Waals surface area contributed by atoms with Crippen LogP contribution in [0.15, 0.2) is 58.2 Å². The Kier molecular flexibility index (Phi) is 5.40. The number of thioether (sulfide) groups is 1. The zero-order chi connectivity index (χ0) is 19.5. The van der Waals surface area contributed by atoms with E-state index in [4.69, 9.17) is 4.52 Å². The summed E-state index contributed by atoms with van der Waals surface area (Å²) < 4.78 is 6.17. The van der Waals surface area contributed by atoms with Gasteiger partial charge in [0.2, 0.25) is 0 Å². The smallest absolute Gasteiger partial charge is 0.262 e. The highest BCUT2D eigenvalue weighted by Crippen LogP contribution is 2.31. The summed E-state index contributed by atoms with van der Waals surface area (Å²) in [6.07, 6.45) is 1.70. The van der Waals surface area contributed by atoms with Crippen molar-refractivity contribution in [2.45, 2.75) is 24.6 Å². The predicted octanol–water partition coefficient (Wildman–Crippen LogP) is 4.95. The van der Waals surface area contributed by atoms with E-state index < -0.39 is 0 Å². The standard InChI is InChI=1S/C20H18N4O2S2/c1-3-24(20-22-16-8-4-5-9-17(16)28-20)19(25)15-7-6-10-21-18(15)27-12-14-11-13(2)26-23-14/h4-11H,3,12H2,1-2H3. The molecular formula is C20H18N4O2S2. The van der Waals surface area contributed by atoms with Crippen molar-refractivity contribution in [3.63, 3.8) is 0 Å². The number of pyridine rings is 1. The van der Waals surface area contributed by atoms with Crippen LogP contribution in [0.2, 0.25) is 0 Å². The number of hydrogen-bond acceptors (Lipinski definition) is 7. The fraction of sp³-hybridized carbons (Fsp3) is 0.200. The molecule has 0 fully saturated rings. The van der Waals surface area contributed by atoms with Gasteiger partial charge >= 0.3 is 0 Å². The molecule has 1 aromatic carbocycles. The second-order valence-corrected chi connectivity index (χ2v) is 8.06. The van der Waals surface area contributed by atoms with Crippen LogP contribution in [0.1, 0.15) is 28.7 Å². The number of thiazole rings is 1. The molecule has 0 unspecified atom stereocenters. The van der Waals surface area contributed by atoms with Crippen molar-refractivity contribution in [3.05, 3.63) is 65.7 Å². The Labute approximate surface area is 170 Å². The van der Waals surface area contributed by atoms with Crippen LogP contribution in [-0.4, -0.2) is 27.6 Å². The van der Waals surface area contributed by atoms with Gasteiger partial charge in [-0.25, -0.2) is 9.97 Å². The number of hydrogen-bond donors (Lipinski definition) is 0. The summed E-state index contributed by atoms with van der Waals surface area (Å²) in [4.78, 5) is 24.0. The van der Waals surface area contributed by atoms with Crippen LogP contribution in [0.5, 0.6) is 0 Å². The maximum atomic E-state index is 13.3. The number of nitrogens with zero attached hydrogens (tertiary/aromatic N) is 4. The number of para-hydroxylation sites is 1. The van der Waals surface area contributed by atoms with Crippen LogP contribution in [0, 0.1) is 6.92 Å². The van der Waals surface area contributed by atoms with Gasteiger partial charge in [-0.2, -0.15) is 0 Å². The molecule has 0 aliphatic carbocycles. The molecular weight excluding hydrogens is 392 g/mol. The van der Waals surface area contributed by atoms with Crippen molar-refractivity contribution in [2.75, 3.05) is 11.4 Å². The van der Waals surface area contributed by atoms with Gasteiger partial charge in [0.1, 0.15) is 10.8 Å².